The van der Waals surface area contributed by atoms with E-state index in [-0.39, 0.29) is 12.0 Å². The maximum atomic E-state index is 11.4. The summed E-state index contributed by atoms with van der Waals surface area (Å²) < 4.78 is 5.84. The lowest BCUT2D eigenvalue weighted by Gasteiger charge is -2.03. The van der Waals surface area contributed by atoms with Gasteiger partial charge in [-0.1, -0.05) is 0 Å². The smallest absolute Gasteiger partial charge is 0.244 e. The van der Waals surface area contributed by atoms with E-state index in [1.54, 1.807) is 25.1 Å². The average molecular weight is 302 g/mol. The van der Waals surface area contributed by atoms with Crippen LogP contribution in [-0.4, -0.2) is 23.7 Å². The summed E-state index contributed by atoms with van der Waals surface area (Å²) in [6.07, 6.45) is 4.17. The number of halogens is 1. The molecule has 0 saturated carbocycles. The molecule has 1 rings (SSSR count). The van der Waals surface area contributed by atoms with E-state index in [4.69, 9.17) is 9.52 Å². The zero-order valence-corrected chi connectivity index (χ0v) is 11.2. The Morgan fingerprint density at radius 2 is 2.41 bits per heavy atom. The van der Waals surface area contributed by atoms with Crippen LogP contribution in [0.1, 0.15) is 25.5 Å². The van der Waals surface area contributed by atoms with Gasteiger partial charge in [0.05, 0.1) is 6.10 Å². The van der Waals surface area contributed by atoms with Crippen molar-refractivity contribution in [1.29, 1.82) is 0 Å². The molecule has 1 atom stereocenters. The second-order valence-corrected chi connectivity index (χ2v) is 4.54. The third kappa shape index (κ3) is 6.28. The summed E-state index contributed by atoms with van der Waals surface area (Å²) in [5, 5.41) is 11.8. The lowest BCUT2D eigenvalue weighted by Crippen LogP contribution is -2.22. The van der Waals surface area contributed by atoms with Crippen molar-refractivity contribution < 1.29 is 14.3 Å². The van der Waals surface area contributed by atoms with Crippen LogP contribution < -0.4 is 5.32 Å². The van der Waals surface area contributed by atoms with Gasteiger partial charge in [0.25, 0.3) is 0 Å². The summed E-state index contributed by atoms with van der Waals surface area (Å²) in [5.41, 5.74) is 0. The molecule has 0 aliphatic rings. The highest BCUT2D eigenvalue weighted by Gasteiger charge is 1.99. The van der Waals surface area contributed by atoms with Crippen LogP contribution in [0, 0.1) is 0 Å². The molecule has 0 fully saturated rings. The van der Waals surface area contributed by atoms with Crippen LogP contribution in [0.25, 0.3) is 6.08 Å². The highest BCUT2D eigenvalue weighted by Crippen LogP contribution is 2.14. The monoisotopic (exact) mass is 301 g/mol. The van der Waals surface area contributed by atoms with Gasteiger partial charge < -0.3 is 14.8 Å². The topological polar surface area (TPSA) is 62.5 Å². The first kappa shape index (κ1) is 14.0. The summed E-state index contributed by atoms with van der Waals surface area (Å²) >= 11 is 3.18. The van der Waals surface area contributed by atoms with Gasteiger partial charge in [0.15, 0.2) is 4.67 Å². The Balaban J connectivity index is 2.23. The molecule has 0 bridgehead atoms. The maximum Gasteiger partial charge on any atom is 0.244 e. The minimum atomic E-state index is -0.317. The first-order valence-corrected chi connectivity index (χ1v) is 6.26. The lowest BCUT2D eigenvalue weighted by molar-refractivity contribution is -0.116. The molecule has 0 spiro atoms. The van der Waals surface area contributed by atoms with Crippen molar-refractivity contribution in [2.24, 2.45) is 0 Å². The number of carbonyl (C=O) groups is 1. The molecule has 1 aromatic rings. The molecule has 94 valence electrons. The molecule has 0 radical (unpaired) electrons. The number of hydrogen-bond acceptors (Lipinski definition) is 3. The average Bonchev–Trinajstić information content (AvgIpc) is 2.67. The Bertz CT molecular complexity index is 385. The zero-order chi connectivity index (χ0) is 12.7. The predicted octanol–water partition coefficient (Wildman–Crippen LogP) is 2.33. The number of amides is 1. The number of rotatable bonds is 6. The molecule has 0 aliphatic heterocycles. The van der Waals surface area contributed by atoms with Crippen LogP contribution in [0.4, 0.5) is 0 Å². The third-order valence-electron chi connectivity index (χ3n) is 2.09. The number of nitrogens with one attached hydrogen (secondary N) is 1. The zero-order valence-electron chi connectivity index (χ0n) is 9.65. The van der Waals surface area contributed by atoms with Gasteiger partial charge in [-0.25, -0.2) is 0 Å². The molecule has 1 heterocycles. The summed E-state index contributed by atoms with van der Waals surface area (Å²) in [5.74, 6) is 0.458. The third-order valence-corrected chi connectivity index (χ3v) is 2.52. The van der Waals surface area contributed by atoms with Crippen molar-refractivity contribution in [2.75, 3.05) is 6.54 Å². The van der Waals surface area contributed by atoms with Crippen LogP contribution in [0.15, 0.2) is 27.3 Å². The van der Waals surface area contributed by atoms with Crippen molar-refractivity contribution in [3.63, 3.8) is 0 Å². The molecule has 0 aliphatic carbocycles. The molecule has 2 N–H and O–H groups in total. The molecular weight excluding hydrogens is 286 g/mol. The summed E-state index contributed by atoms with van der Waals surface area (Å²) in [6.45, 7) is 2.30. The van der Waals surface area contributed by atoms with Gasteiger partial charge in [0.2, 0.25) is 5.91 Å². The normalized spacial score (nSPS) is 12.9. The number of carbonyl (C=O) groups excluding carboxylic acids is 1. The van der Waals surface area contributed by atoms with E-state index >= 15 is 0 Å². The van der Waals surface area contributed by atoms with Crippen LogP contribution >= 0.6 is 15.9 Å². The standard InChI is InChI=1S/C12H16BrNO3/c1-9(15)3-2-8-14-12(16)7-5-10-4-6-11(13)17-10/h4-7,9,15H,2-3,8H2,1H3,(H,14,16)/b7-5+. The summed E-state index contributed by atoms with van der Waals surface area (Å²) in [4.78, 5) is 11.4. The van der Waals surface area contributed by atoms with Crippen molar-refractivity contribution in [2.45, 2.75) is 25.9 Å². The van der Waals surface area contributed by atoms with Crippen LogP contribution in [0.2, 0.25) is 0 Å². The molecule has 0 saturated heterocycles. The minimum absolute atomic E-state index is 0.164. The molecular formula is C12H16BrNO3. The second kappa shape index (κ2) is 7.29. The van der Waals surface area contributed by atoms with E-state index in [0.29, 0.717) is 23.4 Å². The summed E-state index contributed by atoms with van der Waals surface area (Å²) in [6, 6.07) is 3.53. The van der Waals surface area contributed by atoms with Gasteiger partial charge in [-0.15, -0.1) is 0 Å². The van der Waals surface area contributed by atoms with Gasteiger partial charge in [-0.2, -0.15) is 0 Å². The predicted molar refractivity (Wildman–Crippen MR) is 69.4 cm³/mol. The Morgan fingerprint density at radius 1 is 1.65 bits per heavy atom. The van der Waals surface area contributed by atoms with Gasteiger partial charge in [-0.05, 0) is 53.9 Å². The maximum absolute atomic E-state index is 11.4. The molecule has 1 amide bonds. The number of hydrogen-bond donors (Lipinski definition) is 2. The first-order chi connectivity index (χ1) is 8.08. The van der Waals surface area contributed by atoms with E-state index in [1.165, 1.54) is 6.08 Å². The Morgan fingerprint density at radius 3 is 3.00 bits per heavy atom. The Labute approximate surface area is 109 Å². The summed E-state index contributed by atoms with van der Waals surface area (Å²) in [7, 11) is 0. The van der Waals surface area contributed by atoms with Gasteiger partial charge in [-0.3, -0.25) is 4.79 Å². The van der Waals surface area contributed by atoms with E-state index in [2.05, 4.69) is 21.2 Å². The van der Waals surface area contributed by atoms with Crippen LogP contribution in [0.5, 0.6) is 0 Å². The molecule has 1 unspecified atom stereocenters. The number of aliphatic hydroxyl groups is 1. The SMILES string of the molecule is CC(O)CCCNC(=O)/C=C/c1ccc(Br)o1. The van der Waals surface area contributed by atoms with Gasteiger partial charge in [0, 0.05) is 12.6 Å². The van der Waals surface area contributed by atoms with Gasteiger partial charge in [0.1, 0.15) is 5.76 Å². The highest BCUT2D eigenvalue weighted by molar-refractivity contribution is 9.10. The highest BCUT2D eigenvalue weighted by atomic mass is 79.9. The van der Waals surface area contributed by atoms with Gasteiger partial charge >= 0.3 is 0 Å². The Kier molecular flexibility index (Phi) is 6.00. The molecule has 4 nitrogen and oxygen atoms in total. The second-order valence-electron chi connectivity index (χ2n) is 3.76. The first-order valence-electron chi connectivity index (χ1n) is 5.47. The minimum Gasteiger partial charge on any atom is -0.450 e. The number of aliphatic hydroxyl groups excluding tert-OH is 1. The van der Waals surface area contributed by atoms with E-state index in [1.807, 2.05) is 0 Å². The number of furan rings is 1. The largest absolute Gasteiger partial charge is 0.450 e. The van der Waals surface area contributed by atoms with Crippen molar-refractivity contribution in [3.8, 4) is 0 Å². The van der Waals surface area contributed by atoms with Crippen molar-refractivity contribution >= 4 is 27.9 Å². The molecule has 1 aromatic heterocycles. The lowest BCUT2D eigenvalue weighted by atomic mass is 10.2. The quantitative estimate of drug-likeness (QED) is 0.626. The van der Waals surface area contributed by atoms with E-state index in [9.17, 15) is 4.79 Å². The molecule has 17 heavy (non-hydrogen) atoms. The fourth-order valence-electron chi connectivity index (χ4n) is 1.24. The fraction of sp³-hybridized carbons (Fsp3) is 0.417. The van der Waals surface area contributed by atoms with E-state index < -0.39 is 0 Å². The Hall–Kier alpha value is -1.07. The van der Waals surface area contributed by atoms with Crippen molar-refractivity contribution in [1.82, 2.24) is 5.32 Å². The van der Waals surface area contributed by atoms with Crippen LogP contribution in [0.3, 0.4) is 0 Å². The van der Waals surface area contributed by atoms with Crippen molar-refractivity contribution in [3.05, 3.63) is 28.6 Å². The van der Waals surface area contributed by atoms with E-state index in [0.717, 1.165) is 6.42 Å². The molecule has 0 aromatic carbocycles. The fourth-order valence-corrected chi connectivity index (χ4v) is 1.56. The molecule has 5 heteroatoms. The van der Waals surface area contributed by atoms with Crippen LogP contribution in [-0.2, 0) is 4.79 Å².